The molecule has 0 unspecified atom stereocenters. The number of carbonyl (C=O) groups is 3. The molecule has 0 aliphatic rings. The van der Waals surface area contributed by atoms with Gasteiger partial charge in [-0.05, 0) is 37.6 Å². The molecule has 4 rings (SSSR count). The van der Waals surface area contributed by atoms with Gasteiger partial charge >= 0.3 is 5.97 Å². The van der Waals surface area contributed by atoms with Crippen molar-refractivity contribution < 1.29 is 23.5 Å². The summed E-state index contributed by atoms with van der Waals surface area (Å²) in [5, 5.41) is 8.04. The first-order chi connectivity index (χ1) is 15.9. The zero-order valence-corrected chi connectivity index (χ0v) is 19.3. The Bertz CT molecular complexity index is 1290. The maximum atomic E-state index is 12.4. The molecule has 0 spiro atoms. The number of nitrogens with one attached hydrogen (secondary N) is 2. The van der Waals surface area contributed by atoms with Crippen LogP contribution in [0.15, 0.2) is 58.5 Å². The third-order valence-corrected chi connectivity index (χ3v) is 6.41. The van der Waals surface area contributed by atoms with Crippen molar-refractivity contribution in [3.05, 3.63) is 75.9 Å². The maximum absolute atomic E-state index is 12.4. The van der Waals surface area contributed by atoms with Crippen LogP contribution in [-0.4, -0.2) is 29.4 Å². The number of thiazole rings is 1. The SMILES string of the molecule is Cc1ccc(-c2csc(NC(=O)COC(=O)c3sc(NC(=O)c4ccco4)cc3C)n2)cc1. The minimum absolute atomic E-state index is 0.162. The number of rotatable bonds is 7. The Morgan fingerprint density at radius 2 is 1.88 bits per heavy atom. The van der Waals surface area contributed by atoms with E-state index in [-0.39, 0.29) is 5.76 Å². The van der Waals surface area contributed by atoms with Gasteiger partial charge in [0, 0.05) is 10.9 Å². The summed E-state index contributed by atoms with van der Waals surface area (Å²) in [6.45, 7) is 3.27. The first kappa shape index (κ1) is 22.4. The third kappa shape index (κ3) is 5.54. The highest BCUT2D eigenvalue weighted by Crippen LogP contribution is 2.28. The summed E-state index contributed by atoms with van der Waals surface area (Å²) in [6.07, 6.45) is 1.40. The van der Waals surface area contributed by atoms with Crippen LogP contribution in [0.2, 0.25) is 0 Å². The van der Waals surface area contributed by atoms with Gasteiger partial charge in [-0.1, -0.05) is 29.8 Å². The minimum atomic E-state index is -0.648. The number of aryl methyl sites for hydroxylation is 2. The van der Waals surface area contributed by atoms with Gasteiger partial charge in [-0.15, -0.1) is 22.7 Å². The number of hydrogen-bond acceptors (Lipinski definition) is 8. The molecule has 10 heteroatoms. The van der Waals surface area contributed by atoms with Crippen molar-refractivity contribution >= 4 is 50.6 Å². The first-order valence-electron chi connectivity index (χ1n) is 9.84. The number of esters is 1. The average molecular weight is 482 g/mol. The number of furan rings is 1. The van der Waals surface area contributed by atoms with Gasteiger partial charge in [0.2, 0.25) is 0 Å². The monoisotopic (exact) mass is 481 g/mol. The second kappa shape index (κ2) is 9.80. The Labute approximate surface area is 197 Å². The van der Waals surface area contributed by atoms with E-state index in [0.717, 1.165) is 28.2 Å². The van der Waals surface area contributed by atoms with Gasteiger partial charge in [-0.2, -0.15) is 0 Å². The number of carbonyl (C=O) groups excluding carboxylic acids is 3. The van der Waals surface area contributed by atoms with E-state index in [9.17, 15) is 14.4 Å². The summed E-state index contributed by atoms with van der Waals surface area (Å²) >= 11 is 2.35. The van der Waals surface area contributed by atoms with Gasteiger partial charge in [-0.25, -0.2) is 9.78 Å². The largest absolute Gasteiger partial charge is 0.459 e. The predicted octanol–water partition coefficient (Wildman–Crippen LogP) is 5.13. The van der Waals surface area contributed by atoms with Gasteiger partial charge in [-0.3, -0.25) is 14.9 Å². The molecule has 2 N–H and O–H groups in total. The second-order valence-electron chi connectivity index (χ2n) is 7.08. The Hall–Kier alpha value is -3.76. The van der Waals surface area contributed by atoms with Crippen LogP contribution in [-0.2, 0) is 9.53 Å². The van der Waals surface area contributed by atoms with Crippen LogP contribution in [0.4, 0.5) is 10.1 Å². The molecule has 33 heavy (non-hydrogen) atoms. The van der Waals surface area contributed by atoms with Crippen molar-refractivity contribution in [1.29, 1.82) is 0 Å². The van der Waals surface area contributed by atoms with Crippen molar-refractivity contribution in [2.75, 3.05) is 17.2 Å². The highest BCUT2D eigenvalue weighted by Gasteiger charge is 2.19. The van der Waals surface area contributed by atoms with E-state index in [4.69, 9.17) is 9.15 Å². The van der Waals surface area contributed by atoms with Crippen LogP contribution >= 0.6 is 22.7 Å². The highest BCUT2D eigenvalue weighted by molar-refractivity contribution is 7.18. The summed E-state index contributed by atoms with van der Waals surface area (Å²) < 4.78 is 10.2. The van der Waals surface area contributed by atoms with E-state index in [1.54, 1.807) is 19.1 Å². The average Bonchev–Trinajstić information content (AvgIpc) is 3.54. The molecule has 0 atom stereocenters. The lowest BCUT2D eigenvalue weighted by Crippen LogP contribution is -2.20. The molecule has 8 nitrogen and oxygen atoms in total. The lowest BCUT2D eigenvalue weighted by Gasteiger charge is -2.04. The number of amides is 2. The fourth-order valence-electron chi connectivity index (χ4n) is 2.87. The number of aromatic nitrogens is 1. The predicted molar refractivity (Wildman–Crippen MR) is 127 cm³/mol. The van der Waals surface area contributed by atoms with E-state index in [1.807, 2.05) is 36.6 Å². The quantitative estimate of drug-likeness (QED) is 0.354. The molecular formula is C23H19N3O5S2. The van der Waals surface area contributed by atoms with Gasteiger partial charge in [0.25, 0.3) is 11.8 Å². The van der Waals surface area contributed by atoms with E-state index in [2.05, 4.69) is 15.6 Å². The van der Waals surface area contributed by atoms with Gasteiger partial charge < -0.3 is 14.5 Å². The fourth-order valence-corrected chi connectivity index (χ4v) is 4.57. The molecule has 0 fully saturated rings. The van der Waals surface area contributed by atoms with Crippen molar-refractivity contribution in [1.82, 2.24) is 4.98 Å². The fraction of sp³-hybridized carbons (Fsp3) is 0.130. The number of ether oxygens (including phenoxy) is 1. The second-order valence-corrected chi connectivity index (χ2v) is 8.99. The number of benzene rings is 1. The van der Waals surface area contributed by atoms with Crippen LogP contribution in [0.25, 0.3) is 11.3 Å². The smallest absolute Gasteiger partial charge is 0.349 e. The molecule has 1 aromatic carbocycles. The van der Waals surface area contributed by atoms with Gasteiger partial charge in [0.1, 0.15) is 4.88 Å². The molecule has 0 bridgehead atoms. The molecule has 3 heterocycles. The van der Waals surface area contributed by atoms with Gasteiger partial charge in [0.15, 0.2) is 17.5 Å². The minimum Gasteiger partial charge on any atom is -0.459 e. The van der Waals surface area contributed by atoms with Crippen LogP contribution in [0.3, 0.4) is 0 Å². The van der Waals surface area contributed by atoms with Crippen LogP contribution in [0.5, 0.6) is 0 Å². The van der Waals surface area contributed by atoms with Crippen LogP contribution in [0.1, 0.15) is 31.4 Å². The molecule has 0 radical (unpaired) electrons. The molecular weight excluding hydrogens is 462 g/mol. The number of thiophene rings is 1. The summed E-state index contributed by atoms with van der Waals surface area (Å²) in [5.74, 6) is -1.40. The Morgan fingerprint density at radius 3 is 2.61 bits per heavy atom. The van der Waals surface area contributed by atoms with E-state index >= 15 is 0 Å². The molecule has 0 saturated heterocycles. The topological polar surface area (TPSA) is 111 Å². The molecule has 168 valence electrons. The highest BCUT2D eigenvalue weighted by atomic mass is 32.1. The molecule has 0 aliphatic carbocycles. The van der Waals surface area contributed by atoms with Crippen LogP contribution in [0, 0.1) is 13.8 Å². The first-order valence-corrected chi connectivity index (χ1v) is 11.5. The summed E-state index contributed by atoms with van der Waals surface area (Å²) in [6, 6.07) is 12.7. The van der Waals surface area contributed by atoms with Crippen molar-refractivity contribution in [2.45, 2.75) is 13.8 Å². The third-order valence-electron chi connectivity index (χ3n) is 4.52. The van der Waals surface area contributed by atoms with Crippen molar-refractivity contribution in [3.8, 4) is 11.3 Å². The number of nitrogens with zero attached hydrogens (tertiary/aromatic N) is 1. The van der Waals surface area contributed by atoms with Crippen LogP contribution < -0.4 is 10.6 Å². The summed E-state index contributed by atoms with van der Waals surface area (Å²) in [4.78, 5) is 41.4. The van der Waals surface area contributed by atoms with E-state index in [1.165, 1.54) is 23.7 Å². The standard InChI is InChI=1S/C23H19N3O5S2/c1-13-5-7-15(8-6-13)16-12-32-23(24-16)25-18(27)11-31-22(29)20-14(2)10-19(33-20)26-21(28)17-4-3-9-30-17/h3-10,12H,11H2,1-2H3,(H,26,28)(H,24,25,27). The summed E-state index contributed by atoms with van der Waals surface area (Å²) in [7, 11) is 0. The molecule has 3 aromatic heterocycles. The molecule has 0 aliphatic heterocycles. The van der Waals surface area contributed by atoms with Gasteiger partial charge in [0.05, 0.1) is 17.0 Å². The van der Waals surface area contributed by atoms with E-state index in [0.29, 0.717) is 20.6 Å². The lowest BCUT2D eigenvalue weighted by molar-refractivity contribution is -0.119. The summed E-state index contributed by atoms with van der Waals surface area (Å²) in [5.41, 5.74) is 3.48. The van der Waals surface area contributed by atoms with Crippen molar-refractivity contribution in [3.63, 3.8) is 0 Å². The molecule has 0 saturated carbocycles. The zero-order valence-electron chi connectivity index (χ0n) is 17.7. The maximum Gasteiger partial charge on any atom is 0.349 e. The number of hydrogen-bond donors (Lipinski definition) is 2. The normalized spacial score (nSPS) is 10.6. The molecule has 2 amide bonds. The Kier molecular flexibility index (Phi) is 6.66. The van der Waals surface area contributed by atoms with Crippen molar-refractivity contribution in [2.24, 2.45) is 0 Å². The Morgan fingerprint density at radius 1 is 1.09 bits per heavy atom. The Balaban J connectivity index is 1.31. The molecule has 4 aromatic rings. The number of anilines is 2. The zero-order chi connectivity index (χ0) is 23.4. The lowest BCUT2D eigenvalue weighted by atomic mass is 10.1. The van der Waals surface area contributed by atoms with E-state index < -0.39 is 24.4 Å².